The van der Waals surface area contributed by atoms with Crippen LogP contribution in [-0.2, 0) is 4.79 Å². The molecular formula is C20H26N5O+. The Balaban J connectivity index is 1.51. The van der Waals surface area contributed by atoms with E-state index in [2.05, 4.69) is 31.9 Å². The maximum absolute atomic E-state index is 13.3. The third kappa shape index (κ3) is 3.55. The largest absolute Gasteiger partial charge is 0.337 e. The average Bonchev–Trinajstić information content (AvgIpc) is 3.25. The molecule has 136 valence electrons. The Labute approximate surface area is 154 Å². The lowest BCUT2D eigenvalue weighted by Gasteiger charge is -2.37. The Bertz CT molecular complexity index is 709. The average molecular weight is 352 g/mol. The van der Waals surface area contributed by atoms with Crippen LogP contribution < -0.4 is 9.80 Å². The highest BCUT2D eigenvalue weighted by Crippen LogP contribution is 2.18. The van der Waals surface area contributed by atoms with Crippen LogP contribution in [0.15, 0.2) is 48.8 Å². The van der Waals surface area contributed by atoms with Crippen LogP contribution >= 0.6 is 0 Å². The first-order valence-corrected chi connectivity index (χ1v) is 9.53. The van der Waals surface area contributed by atoms with Crippen LogP contribution in [0.5, 0.6) is 0 Å². The summed E-state index contributed by atoms with van der Waals surface area (Å²) in [5, 5.41) is 0. The summed E-state index contributed by atoms with van der Waals surface area (Å²) in [5.74, 6) is 1.07. The molecule has 0 spiro atoms. The van der Waals surface area contributed by atoms with E-state index in [9.17, 15) is 4.79 Å². The number of piperazine rings is 1. The Morgan fingerprint density at radius 2 is 1.58 bits per heavy atom. The van der Waals surface area contributed by atoms with Gasteiger partial charge >= 0.3 is 0 Å². The number of likely N-dealkylation sites (tertiary alicyclic amines) is 1. The molecule has 0 aliphatic carbocycles. The monoisotopic (exact) mass is 352 g/mol. The molecule has 6 heteroatoms. The third-order valence-corrected chi connectivity index (χ3v) is 5.45. The van der Waals surface area contributed by atoms with Crippen molar-refractivity contribution in [1.82, 2.24) is 14.9 Å². The number of anilines is 1. The number of nitrogens with zero attached hydrogens (tertiary/aromatic N) is 4. The SMILES string of the molecule is O=C([C@H](c1ccccc1)[NH+]1CCN(c2ncccn2)CC1)N1CCCC1. The van der Waals surface area contributed by atoms with Gasteiger partial charge in [0.15, 0.2) is 6.04 Å². The van der Waals surface area contributed by atoms with Crippen molar-refractivity contribution in [2.75, 3.05) is 44.2 Å². The smallest absolute Gasteiger partial charge is 0.285 e. The minimum atomic E-state index is -0.104. The van der Waals surface area contributed by atoms with Crippen molar-refractivity contribution >= 4 is 11.9 Å². The van der Waals surface area contributed by atoms with Crippen LogP contribution in [0.4, 0.5) is 5.95 Å². The van der Waals surface area contributed by atoms with E-state index >= 15 is 0 Å². The second-order valence-electron chi connectivity index (χ2n) is 7.07. The molecule has 3 heterocycles. The fraction of sp³-hybridized carbons (Fsp3) is 0.450. The fourth-order valence-electron chi connectivity index (χ4n) is 4.06. The van der Waals surface area contributed by atoms with Crippen molar-refractivity contribution in [3.05, 3.63) is 54.4 Å². The van der Waals surface area contributed by atoms with Gasteiger partial charge in [0, 0.05) is 31.0 Å². The van der Waals surface area contributed by atoms with Crippen molar-refractivity contribution in [2.45, 2.75) is 18.9 Å². The highest BCUT2D eigenvalue weighted by molar-refractivity contribution is 5.82. The number of quaternary nitrogens is 1. The van der Waals surface area contributed by atoms with Gasteiger partial charge in [0.1, 0.15) is 0 Å². The van der Waals surface area contributed by atoms with Crippen molar-refractivity contribution in [3.63, 3.8) is 0 Å². The van der Waals surface area contributed by atoms with Crippen LogP contribution in [0, 0.1) is 0 Å². The molecule has 1 aromatic carbocycles. The number of aromatic nitrogens is 2. The van der Waals surface area contributed by atoms with E-state index in [1.807, 2.05) is 24.3 Å². The predicted octanol–water partition coefficient (Wildman–Crippen LogP) is 0.545. The number of carbonyl (C=O) groups is 1. The minimum Gasteiger partial charge on any atom is -0.337 e. The Hall–Kier alpha value is -2.47. The van der Waals surface area contributed by atoms with Gasteiger partial charge in [-0.25, -0.2) is 9.97 Å². The quantitative estimate of drug-likeness (QED) is 0.873. The van der Waals surface area contributed by atoms with Crippen molar-refractivity contribution < 1.29 is 9.69 Å². The van der Waals surface area contributed by atoms with Gasteiger partial charge in [0.2, 0.25) is 5.95 Å². The van der Waals surface area contributed by atoms with Crippen LogP contribution in [0.2, 0.25) is 0 Å². The van der Waals surface area contributed by atoms with Gasteiger partial charge in [-0.05, 0) is 18.9 Å². The van der Waals surface area contributed by atoms with Gasteiger partial charge in [-0.3, -0.25) is 4.79 Å². The zero-order valence-electron chi connectivity index (χ0n) is 15.1. The van der Waals surface area contributed by atoms with Gasteiger partial charge in [-0.2, -0.15) is 0 Å². The summed E-state index contributed by atoms with van der Waals surface area (Å²) < 4.78 is 0. The number of hydrogen-bond donors (Lipinski definition) is 1. The molecule has 2 fully saturated rings. The number of carbonyl (C=O) groups excluding carboxylic acids is 1. The lowest BCUT2D eigenvalue weighted by atomic mass is 10.0. The molecule has 2 aliphatic rings. The Morgan fingerprint density at radius 1 is 0.923 bits per heavy atom. The van der Waals surface area contributed by atoms with Crippen molar-refractivity contribution in [1.29, 1.82) is 0 Å². The van der Waals surface area contributed by atoms with Gasteiger partial charge in [0.25, 0.3) is 5.91 Å². The summed E-state index contributed by atoms with van der Waals surface area (Å²) in [6.45, 7) is 5.37. The number of benzene rings is 1. The Morgan fingerprint density at radius 3 is 2.23 bits per heavy atom. The lowest BCUT2D eigenvalue weighted by molar-refractivity contribution is -0.923. The molecule has 1 N–H and O–H groups in total. The second-order valence-corrected chi connectivity index (χ2v) is 7.07. The van der Waals surface area contributed by atoms with E-state index in [1.54, 1.807) is 12.4 Å². The molecule has 2 aliphatic heterocycles. The molecule has 0 unspecified atom stereocenters. The molecule has 6 nitrogen and oxygen atoms in total. The number of rotatable bonds is 4. The maximum atomic E-state index is 13.3. The lowest BCUT2D eigenvalue weighted by Crippen LogP contribution is -3.16. The first-order valence-electron chi connectivity index (χ1n) is 9.53. The van der Waals surface area contributed by atoms with E-state index in [4.69, 9.17) is 0 Å². The summed E-state index contributed by atoms with van der Waals surface area (Å²) in [7, 11) is 0. The summed E-state index contributed by atoms with van der Waals surface area (Å²) in [4.78, 5) is 27.6. The maximum Gasteiger partial charge on any atom is 0.285 e. The molecule has 1 amide bonds. The van der Waals surface area contributed by atoms with Gasteiger partial charge < -0.3 is 14.7 Å². The predicted molar refractivity (Wildman–Crippen MR) is 99.9 cm³/mol. The normalized spacial score (nSPS) is 19.5. The second kappa shape index (κ2) is 7.83. The Kier molecular flexibility index (Phi) is 5.11. The number of hydrogen-bond acceptors (Lipinski definition) is 4. The van der Waals surface area contributed by atoms with E-state index in [-0.39, 0.29) is 11.9 Å². The van der Waals surface area contributed by atoms with E-state index in [0.29, 0.717) is 0 Å². The molecule has 1 atom stereocenters. The van der Waals surface area contributed by atoms with Crippen molar-refractivity contribution in [3.8, 4) is 0 Å². The van der Waals surface area contributed by atoms with Gasteiger partial charge in [-0.15, -0.1) is 0 Å². The number of nitrogens with one attached hydrogen (secondary N) is 1. The fourth-order valence-corrected chi connectivity index (χ4v) is 4.06. The molecular weight excluding hydrogens is 326 g/mol. The van der Waals surface area contributed by atoms with E-state index in [1.165, 1.54) is 4.90 Å². The van der Waals surface area contributed by atoms with Crippen LogP contribution in [-0.4, -0.2) is 60.0 Å². The molecule has 1 aromatic heterocycles. The summed E-state index contributed by atoms with van der Waals surface area (Å²) >= 11 is 0. The molecule has 0 radical (unpaired) electrons. The van der Waals surface area contributed by atoms with Crippen LogP contribution in [0.25, 0.3) is 0 Å². The summed E-state index contributed by atoms with van der Waals surface area (Å²) in [6.07, 6.45) is 5.82. The molecule has 0 bridgehead atoms. The highest BCUT2D eigenvalue weighted by atomic mass is 16.2. The van der Waals surface area contributed by atoms with Crippen molar-refractivity contribution in [2.24, 2.45) is 0 Å². The van der Waals surface area contributed by atoms with Crippen LogP contribution in [0.1, 0.15) is 24.4 Å². The highest BCUT2D eigenvalue weighted by Gasteiger charge is 2.37. The topological polar surface area (TPSA) is 53.8 Å². The zero-order chi connectivity index (χ0) is 17.8. The zero-order valence-corrected chi connectivity index (χ0v) is 15.1. The van der Waals surface area contributed by atoms with Crippen LogP contribution in [0.3, 0.4) is 0 Å². The summed E-state index contributed by atoms with van der Waals surface area (Å²) in [5.41, 5.74) is 1.13. The standard InChI is InChI=1S/C20H25N5O/c26-19(24-11-4-5-12-24)18(17-7-2-1-3-8-17)23-13-15-25(16-14-23)20-21-9-6-10-22-20/h1-3,6-10,18H,4-5,11-16H2/p+1/t18-/m0/s1. The molecule has 2 saturated heterocycles. The first-order chi connectivity index (χ1) is 12.8. The minimum absolute atomic E-state index is 0.104. The molecule has 0 saturated carbocycles. The van der Waals surface area contributed by atoms with Gasteiger partial charge in [0.05, 0.1) is 26.2 Å². The third-order valence-electron chi connectivity index (χ3n) is 5.45. The molecule has 26 heavy (non-hydrogen) atoms. The number of amides is 1. The van der Waals surface area contributed by atoms with E-state index < -0.39 is 0 Å². The van der Waals surface area contributed by atoms with E-state index in [0.717, 1.165) is 63.6 Å². The summed E-state index contributed by atoms with van der Waals surface area (Å²) in [6, 6.07) is 12.0. The first kappa shape index (κ1) is 17.0. The molecule has 4 rings (SSSR count). The van der Waals surface area contributed by atoms with Gasteiger partial charge in [-0.1, -0.05) is 30.3 Å². The molecule has 2 aromatic rings.